The number of carbonyl (C=O) groups excluding carboxylic acids is 1. The SMILES string of the molecule is C#CC1CC(=O)N(c2n[nH]c(CC)c2C)C1. The Balaban J connectivity index is 2.28. The number of aromatic nitrogens is 2. The molecule has 0 aromatic carbocycles. The largest absolute Gasteiger partial charge is 0.294 e. The quantitative estimate of drug-likeness (QED) is 0.758. The molecule has 1 saturated heterocycles. The van der Waals surface area contributed by atoms with Gasteiger partial charge in [0, 0.05) is 30.1 Å². The first-order valence-electron chi connectivity index (χ1n) is 5.47. The average molecular weight is 217 g/mol. The Kier molecular flexibility index (Phi) is 2.69. The van der Waals surface area contributed by atoms with Crippen molar-refractivity contribution in [2.45, 2.75) is 26.7 Å². The van der Waals surface area contributed by atoms with Crippen LogP contribution >= 0.6 is 0 Å². The molecule has 0 radical (unpaired) electrons. The highest BCUT2D eigenvalue weighted by Crippen LogP contribution is 2.27. The zero-order chi connectivity index (χ0) is 11.7. The summed E-state index contributed by atoms with van der Waals surface area (Å²) in [6, 6.07) is 0. The molecule has 1 unspecified atom stereocenters. The van der Waals surface area contributed by atoms with Crippen LogP contribution in [0.4, 0.5) is 5.82 Å². The number of hydrogen-bond donors (Lipinski definition) is 1. The van der Waals surface area contributed by atoms with Gasteiger partial charge in [-0.3, -0.25) is 14.8 Å². The molecule has 16 heavy (non-hydrogen) atoms. The summed E-state index contributed by atoms with van der Waals surface area (Å²) in [5, 5.41) is 7.16. The number of aromatic amines is 1. The van der Waals surface area contributed by atoms with E-state index in [9.17, 15) is 4.79 Å². The standard InChI is InChI=1S/C12H15N3O/c1-4-9-6-11(16)15(7-9)12-8(3)10(5-2)13-14-12/h1,9H,5-7H2,2-3H3,(H,13,14). The second-order valence-electron chi connectivity index (χ2n) is 4.08. The summed E-state index contributed by atoms with van der Waals surface area (Å²) < 4.78 is 0. The highest BCUT2D eigenvalue weighted by atomic mass is 16.2. The van der Waals surface area contributed by atoms with Crippen LogP contribution < -0.4 is 4.90 Å². The normalized spacial score (nSPS) is 20.2. The van der Waals surface area contributed by atoms with Gasteiger partial charge in [0.2, 0.25) is 5.91 Å². The molecule has 2 heterocycles. The van der Waals surface area contributed by atoms with Crippen LogP contribution in [0.3, 0.4) is 0 Å². The molecule has 0 aliphatic carbocycles. The van der Waals surface area contributed by atoms with Gasteiger partial charge in [0.25, 0.3) is 0 Å². The van der Waals surface area contributed by atoms with Crippen LogP contribution in [-0.2, 0) is 11.2 Å². The van der Waals surface area contributed by atoms with Gasteiger partial charge in [-0.1, -0.05) is 6.92 Å². The summed E-state index contributed by atoms with van der Waals surface area (Å²) in [4.78, 5) is 13.5. The molecule has 4 nitrogen and oxygen atoms in total. The Labute approximate surface area is 95.0 Å². The minimum absolute atomic E-state index is 0.0219. The number of nitrogens with zero attached hydrogens (tertiary/aromatic N) is 2. The highest BCUT2D eigenvalue weighted by molar-refractivity contribution is 5.95. The molecule has 1 aromatic rings. The van der Waals surface area contributed by atoms with E-state index in [0.29, 0.717) is 13.0 Å². The van der Waals surface area contributed by atoms with E-state index < -0.39 is 0 Å². The third-order valence-electron chi connectivity index (χ3n) is 3.05. The molecule has 4 heteroatoms. The molecule has 1 N–H and O–H groups in total. The molecule has 1 aliphatic heterocycles. The summed E-state index contributed by atoms with van der Waals surface area (Å²) in [5.41, 5.74) is 2.13. The van der Waals surface area contributed by atoms with Gasteiger partial charge in [0.1, 0.15) is 0 Å². The van der Waals surface area contributed by atoms with Crippen molar-refractivity contribution in [3.63, 3.8) is 0 Å². The van der Waals surface area contributed by atoms with Crippen LogP contribution in [0.5, 0.6) is 0 Å². The summed E-state index contributed by atoms with van der Waals surface area (Å²) in [6.45, 7) is 4.62. The number of aryl methyl sites for hydroxylation is 1. The van der Waals surface area contributed by atoms with Crippen LogP contribution in [0.25, 0.3) is 0 Å². The lowest BCUT2D eigenvalue weighted by Crippen LogP contribution is -2.25. The monoisotopic (exact) mass is 217 g/mol. The van der Waals surface area contributed by atoms with Crippen LogP contribution in [0.15, 0.2) is 0 Å². The lowest BCUT2D eigenvalue weighted by molar-refractivity contribution is -0.117. The number of nitrogens with one attached hydrogen (secondary N) is 1. The highest BCUT2D eigenvalue weighted by Gasteiger charge is 2.31. The van der Waals surface area contributed by atoms with Gasteiger partial charge >= 0.3 is 0 Å². The summed E-state index contributed by atoms with van der Waals surface area (Å²) in [5.74, 6) is 3.46. The third kappa shape index (κ3) is 1.58. The summed E-state index contributed by atoms with van der Waals surface area (Å²) >= 11 is 0. The van der Waals surface area contributed by atoms with E-state index in [4.69, 9.17) is 6.42 Å². The Morgan fingerprint density at radius 3 is 2.94 bits per heavy atom. The number of H-pyrrole nitrogens is 1. The summed E-state index contributed by atoms with van der Waals surface area (Å²) in [6.07, 6.45) is 6.67. The first-order valence-corrected chi connectivity index (χ1v) is 5.47. The van der Waals surface area contributed by atoms with E-state index in [0.717, 1.165) is 23.5 Å². The minimum atomic E-state index is 0.0219. The molecule has 2 rings (SSSR count). The van der Waals surface area contributed by atoms with Crippen molar-refractivity contribution in [3.8, 4) is 12.3 Å². The number of carbonyl (C=O) groups is 1. The lowest BCUT2D eigenvalue weighted by atomic mass is 10.1. The molecule has 0 spiro atoms. The van der Waals surface area contributed by atoms with Crippen molar-refractivity contribution in [3.05, 3.63) is 11.3 Å². The van der Waals surface area contributed by atoms with Crippen molar-refractivity contribution in [2.75, 3.05) is 11.4 Å². The zero-order valence-electron chi connectivity index (χ0n) is 9.58. The Bertz CT molecular complexity index is 455. The van der Waals surface area contributed by atoms with Crippen molar-refractivity contribution >= 4 is 11.7 Å². The van der Waals surface area contributed by atoms with Gasteiger partial charge in [0.05, 0.1) is 0 Å². The smallest absolute Gasteiger partial charge is 0.229 e. The molecule has 1 aromatic heterocycles. The first kappa shape index (κ1) is 10.7. The van der Waals surface area contributed by atoms with Crippen LogP contribution in [-0.4, -0.2) is 22.6 Å². The molecular weight excluding hydrogens is 202 g/mol. The van der Waals surface area contributed by atoms with E-state index in [1.54, 1.807) is 4.90 Å². The average Bonchev–Trinajstić information content (AvgIpc) is 2.81. The van der Waals surface area contributed by atoms with E-state index in [1.807, 2.05) is 6.92 Å². The predicted octanol–water partition coefficient (Wildman–Crippen LogP) is 1.27. The van der Waals surface area contributed by atoms with Gasteiger partial charge in [-0.15, -0.1) is 12.3 Å². The molecule has 1 amide bonds. The van der Waals surface area contributed by atoms with Gasteiger partial charge in [0.15, 0.2) is 5.82 Å². The number of hydrogen-bond acceptors (Lipinski definition) is 2. The van der Waals surface area contributed by atoms with E-state index in [2.05, 4.69) is 23.0 Å². The fraction of sp³-hybridized carbons (Fsp3) is 0.500. The summed E-state index contributed by atoms with van der Waals surface area (Å²) in [7, 11) is 0. The Hall–Kier alpha value is -1.76. The maximum absolute atomic E-state index is 11.8. The van der Waals surface area contributed by atoms with Gasteiger partial charge in [-0.25, -0.2) is 0 Å². The van der Waals surface area contributed by atoms with E-state index >= 15 is 0 Å². The van der Waals surface area contributed by atoms with Crippen LogP contribution in [0, 0.1) is 25.2 Å². The first-order chi connectivity index (χ1) is 7.67. The van der Waals surface area contributed by atoms with E-state index in [-0.39, 0.29) is 11.8 Å². The number of amides is 1. The maximum atomic E-state index is 11.8. The third-order valence-corrected chi connectivity index (χ3v) is 3.05. The van der Waals surface area contributed by atoms with E-state index in [1.165, 1.54) is 0 Å². The Morgan fingerprint density at radius 2 is 2.44 bits per heavy atom. The predicted molar refractivity (Wildman–Crippen MR) is 62.0 cm³/mol. The van der Waals surface area contributed by atoms with Crippen molar-refractivity contribution in [1.29, 1.82) is 0 Å². The molecule has 1 aliphatic rings. The van der Waals surface area contributed by atoms with Crippen LogP contribution in [0.1, 0.15) is 24.6 Å². The maximum Gasteiger partial charge on any atom is 0.229 e. The molecule has 84 valence electrons. The minimum Gasteiger partial charge on any atom is -0.294 e. The fourth-order valence-corrected chi connectivity index (χ4v) is 2.05. The van der Waals surface area contributed by atoms with Crippen molar-refractivity contribution in [1.82, 2.24) is 10.2 Å². The topological polar surface area (TPSA) is 49.0 Å². The molecule has 0 bridgehead atoms. The number of anilines is 1. The second kappa shape index (κ2) is 4.01. The number of rotatable bonds is 2. The second-order valence-corrected chi connectivity index (χ2v) is 4.08. The zero-order valence-corrected chi connectivity index (χ0v) is 9.58. The lowest BCUT2D eigenvalue weighted by Gasteiger charge is -2.13. The molecule has 1 atom stereocenters. The van der Waals surface area contributed by atoms with Crippen molar-refractivity contribution in [2.24, 2.45) is 5.92 Å². The van der Waals surface area contributed by atoms with Crippen molar-refractivity contribution < 1.29 is 4.79 Å². The molecule has 0 saturated carbocycles. The molecular formula is C12H15N3O. The Morgan fingerprint density at radius 1 is 1.69 bits per heavy atom. The van der Waals surface area contributed by atoms with Gasteiger partial charge in [-0.2, -0.15) is 5.10 Å². The molecule has 1 fully saturated rings. The number of terminal acetylenes is 1. The fourth-order valence-electron chi connectivity index (χ4n) is 2.05. The van der Waals surface area contributed by atoms with Crippen LogP contribution in [0.2, 0.25) is 0 Å². The van der Waals surface area contributed by atoms with Gasteiger partial charge in [-0.05, 0) is 13.3 Å². The van der Waals surface area contributed by atoms with Gasteiger partial charge < -0.3 is 0 Å².